The summed E-state index contributed by atoms with van der Waals surface area (Å²) in [4.78, 5) is 13.2. The highest BCUT2D eigenvalue weighted by molar-refractivity contribution is 5.87. The Balaban J connectivity index is 3.41. The Hall–Kier alpha value is -1.76. The fraction of sp³-hybridized carbons (Fsp3) is 0.533. The summed E-state index contributed by atoms with van der Waals surface area (Å²) in [5, 5.41) is 10.3. The molecule has 22 heavy (non-hydrogen) atoms. The van der Waals surface area contributed by atoms with Gasteiger partial charge in [0.05, 0.1) is 7.11 Å². The Kier molecular flexibility index (Phi) is 5.45. The van der Waals surface area contributed by atoms with Gasteiger partial charge in [-0.1, -0.05) is 19.1 Å². The summed E-state index contributed by atoms with van der Waals surface area (Å²) in [5.41, 5.74) is -4.18. The number of aliphatic hydroxyl groups is 1. The maximum absolute atomic E-state index is 13.5. The molecule has 1 aromatic rings. The van der Waals surface area contributed by atoms with E-state index in [1.807, 2.05) is 0 Å². The number of ether oxygens (including phenoxy) is 1. The Bertz CT molecular complexity index is 533. The summed E-state index contributed by atoms with van der Waals surface area (Å²) in [6, 6.07) is 4.35. The minimum atomic E-state index is -5.15. The fourth-order valence-corrected chi connectivity index (χ4v) is 1.99. The molecule has 0 aliphatic heterocycles. The lowest BCUT2D eigenvalue weighted by Crippen LogP contribution is -2.56. The van der Waals surface area contributed by atoms with Crippen LogP contribution in [0.25, 0.3) is 0 Å². The van der Waals surface area contributed by atoms with E-state index in [-0.39, 0.29) is 5.75 Å². The number of methoxy groups -OCH3 is 1. The number of rotatable bonds is 5. The monoisotopic (exact) mass is 319 g/mol. The van der Waals surface area contributed by atoms with Gasteiger partial charge >= 0.3 is 6.18 Å². The third-order valence-electron chi connectivity index (χ3n) is 3.78. The standard InChI is InChI=1S/C15H20F3NO3/c1-5-10(2)19(3)13(20)14(21,15(16,17)18)11-7-6-8-12(9-11)22-4/h6-10,21H,5H2,1-4H3. The normalized spacial score (nSPS) is 15.8. The number of hydrogen-bond acceptors (Lipinski definition) is 3. The Labute approximate surface area is 127 Å². The van der Waals surface area contributed by atoms with Gasteiger partial charge in [-0.15, -0.1) is 0 Å². The van der Waals surface area contributed by atoms with Gasteiger partial charge in [-0.05, 0) is 25.5 Å². The van der Waals surface area contributed by atoms with Crippen LogP contribution in [0, 0.1) is 0 Å². The number of carbonyl (C=O) groups is 1. The van der Waals surface area contributed by atoms with Crippen molar-refractivity contribution in [1.82, 2.24) is 4.90 Å². The van der Waals surface area contributed by atoms with Crippen LogP contribution in [0.15, 0.2) is 24.3 Å². The number of likely N-dealkylation sites (N-methyl/N-ethyl adjacent to an activating group) is 1. The smallest absolute Gasteiger partial charge is 0.430 e. The number of alkyl halides is 3. The molecule has 0 saturated heterocycles. The Morgan fingerprint density at radius 2 is 2.00 bits per heavy atom. The number of amides is 1. The van der Waals surface area contributed by atoms with Crippen LogP contribution in [0.3, 0.4) is 0 Å². The maximum Gasteiger partial charge on any atom is 0.430 e. The van der Waals surface area contributed by atoms with Crippen LogP contribution in [0.5, 0.6) is 5.75 Å². The zero-order chi connectivity index (χ0) is 17.1. The largest absolute Gasteiger partial charge is 0.497 e. The van der Waals surface area contributed by atoms with Gasteiger partial charge in [-0.2, -0.15) is 13.2 Å². The third-order valence-corrected chi connectivity index (χ3v) is 3.78. The first-order valence-electron chi connectivity index (χ1n) is 6.80. The van der Waals surface area contributed by atoms with Crippen molar-refractivity contribution in [1.29, 1.82) is 0 Å². The molecule has 0 aromatic heterocycles. The second-order valence-corrected chi connectivity index (χ2v) is 5.11. The molecule has 1 aromatic carbocycles. The lowest BCUT2D eigenvalue weighted by Gasteiger charge is -2.35. The van der Waals surface area contributed by atoms with Gasteiger partial charge in [0, 0.05) is 18.7 Å². The quantitative estimate of drug-likeness (QED) is 0.908. The van der Waals surface area contributed by atoms with Crippen LogP contribution in [0.2, 0.25) is 0 Å². The summed E-state index contributed by atoms with van der Waals surface area (Å²) in [6.07, 6.45) is -4.69. The molecule has 0 fully saturated rings. The van der Waals surface area contributed by atoms with Gasteiger partial charge in [0.25, 0.3) is 11.5 Å². The van der Waals surface area contributed by atoms with E-state index in [0.29, 0.717) is 6.42 Å². The minimum absolute atomic E-state index is 0.124. The topological polar surface area (TPSA) is 49.8 Å². The number of hydrogen-bond donors (Lipinski definition) is 1. The van der Waals surface area contributed by atoms with Gasteiger partial charge in [-0.3, -0.25) is 4.79 Å². The Morgan fingerprint density at radius 3 is 2.45 bits per heavy atom. The van der Waals surface area contributed by atoms with Crippen molar-refractivity contribution in [2.45, 2.75) is 38.1 Å². The molecule has 124 valence electrons. The molecule has 0 radical (unpaired) electrons. The lowest BCUT2D eigenvalue weighted by molar-refractivity contribution is -0.262. The van der Waals surface area contributed by atoms with Crippen LogP contribution in [-0.2, 0) is 10.4 Å². The van der Waals surface area contributed by atoms with Crippen molar-refractivity contribution in [2.75, 3.05) is 14.2 Å². The molecular weight excluding hydrogens is 299 g/mol. The van der Waals surface area contributed by atoms with Crippen molar-refractivity contribution in [3.8, 4) is 5.75 Å². The van der Waals surface area contributed by atoms with E-state index in [1.54, 1.807) is 13.8 Å². The Morgan fingerprint density at radius 1 is 1.41 bits per heavy atom. The molecule has 2 atom stereocenters. The van der Waals surface area contributed by atoms with E-state index >= 15 is 0 Å². The summed E-state index contributed by atoms with van der Waals surface area (Å²) < 4.78 is 45.3. The summed E-state index contributed by atoms with van der Waals surface area (Å²) in [5.74, 6) is -1.29. The van der Waals surface area contributed by atoms with Crippen molar-refractivity contribution in [3.63, 3.8) is 0 Å². The zero-order valence-corrected chi connectivity index (χ0v) is 12.9. The van der Waals surface area contributed by atoms with Crippen molar-refractivity contribution < 1.29 is 27.8 Å². The number of benzene rings is 1. The predicted molar refractivity (Wildman–Crippen MR) is 75.5 cm³/mol. The molecule has 0 bridgehead atoms. The molecular formula is C15H20F3NO3. The van der Waals surface area contributed by atoms with E-state index < -0.39 is 29.3 Å². The number of carbonyl (C=O) groups excluding carboxylic acids is 1. The molecule has 1 amide bonds. The van der Waals surface area contributed by atoms with E-state index in [9.17, 15) is 23.1 Å². The molecule has 0 heterocycles. The highest BCUT2D eigenvalue weighted by atomic mass is 19.4. The molecule has 0 aliphatic carbocycles. The summed E-state index contributed by atoms with van der Waals surface area (Å²) in [6.45, 7) is 3.35. The van der Waals surface area contributed by atoms with Crippen LogP contribution >= 0.6 is 0 Å². The molecule has 0 aliphatic rings. The molecule has 1 N–H and O–H groups in total. The minimum Gasteiger partial charge on any atom is -0.497 e. The first-order valence-corrected chi connectivity index (χ1v) is 6.80. The van der Waals surface area contributed by atoms with E-state index in [1.165, 1.54) is 26.3 Å². The molecule has 1 rings (SSSR count). The van der Waals surface area contributed by atoms with Crippen molar-refractivity contribution in [2.24, 2.45) is 0 Å². The average molecular weight is 319 g/mol. The fourth-order valence-electron chi connectivity index (χ4n) is 1.99. The van der Waals surface area contributed by atoms with E-state index in [4.69, 9.17) is 4.74 Å². The molecule has 0 spiro atoms. The zero-order valence-electron chi connectivity index (χ0n) is 12.9. The highest BCUT2D eigenvalue weighted by Gasteiger charge is 2.62. The van der Waals surface area contributed by atoms with Gasteiger partial charge in [0.15, 0.2) is 0 Å². The first kappa shape index (κ1) is 18.3. The summed E-state index contributed by atoms with van der Waals surface area (Å²) in [7, 11) is 2.53. The third kappa shape index (κ3) is 3.19. The molecule has 7 heteroatoms. The van der Waals surface area contributed by atoms with Gasteiger partial charge in [-0.25, -0.2) is 0 Å². The van der Waals surface area contributed by atoms with E-state index in [0.717, 1.165) is 17.0 Å². The van der Waals surface area contributed by atoms with Crippen molar-refractivity contribution >= 4 is 5.91 Å². The second kappa shape index (κ2) is 6.56. The van der Waals surface area contributed by atoms with Gasteiger partial charge in [0.2, 0.25) is 0 Å². The number of nitrogens with zero attached hydrogens (tertiary/aromatic N) is 1. The van der Waals surface area contributed by atoms with Crippen LogP contribution < -0.4 is 4.74 Å². The molecule has 2 unspecified atom stereocenters. The number of halogens is 3. The van der Waals surface area contributed by atoms with Crippen LogP contribution in [0.1, 0.15) is 25.8 Å². The second-order valence-electron chi connectivity index (χ2n) is 5.11. The van der Waals surface area contributed by atoms with Crippen LogP contribution in [-0.4, -0.2) is 42.3 Å². The SMILES string of the molecule is CCC(C)N(C)C(=O)C(O)(c1cccc(OC)c1)C(F)(F)F. The molecule has 4 nitrogen and oxygen atoms in total. The van der Waals surface area contributed by atoms with Gasteiger partial charge < -0.3 is 14.7 Å². The highest BCUT2D eigenvalue weighted by Crippen LogP contribution is 2.41. The van der Waals surface area contributed by atoms with E-state index in [2.05, 4.69) is 0 Å². The van der Waals surface area contributed by atoms with Crippen molar-refractivity contribution in [3.05, 3.63) is 29.8 Å². The van der Waals surface area contributed by atoms with Gasteiger partial charge in [0.1, 0.15) is 5.75 Å². The average Bonchev–Trinajstić information content (AvgIpc) is 2.50. The maximum atomic E-state index is 13.5. The molecule has 0 saturated carbocycles. The van der Waals surface area contributed by atoms with Crippen LogP contribution in [0.4, 0.5) is 13.2 Å². The first-order chi connectivity index (χ1) is 10.1. The summed E-state index contributed by atoms with van der Waals surface area (Å²) >= 11 is 0. The lowest BCUT2D eigenvalue weighted by atomic mass is 9.90. The predicted octanol–water partition coefficient (Wildman–Crippen LogP) is 2.70.